The van der Waals surface area contributed by atoms with Crippen LogP contribution in [0.25, 0.3) is 0 Å². The molecule has 0 N–H and O–H groups in total. The monoisotopic (exact) mass is 365 g/mol. The molecule has 0 aromatic heterocycles. The Morgan fingerprint density at radius 3 is 2.50 bits per heavy atom. The van der Waals surface area contributed by atoms with Gasteiger partial charge in [0.05, 0.1) is 12.7 Å². The van der Waals surface area contributed by atoms with Crippen LogP contribution in [0.3, 0.4) is 0 Å². The Morgan fingerprint density at radius 1 is 1.23 bits per heavy atom. The second kappa shape index (κ2) is 9.71. The highest BCUT2D eigenvalue weighted by atomic mass is 16.7. The molecule has 1 spiro atoms. The molecule has 0 aromatic carbocycles. The fourth-order valence-corrected chi connectivity index (χ4v) is 4.48. The number of rotatable bonds is 10. The van der Waals surface area contributed by atoms with Crippen molar-refractivity contribution in [3.8, 4) is 0 Å². The Labute approximate surface area is 162 Å². The van der Waals surface area contributed by atoms with Crippen molar-refractivity contribution in [3.63, 3.8) is 0 Å². The zero-order chi connectivity index (χ0) is 19.2. The Kier molecular flexibility index (Phi) is 8.18. The van der Waals surface area contributed by atoms with Crippen LogP contribution >= 0.6 is 0 Å². The molecule has 2 rings (SSSR count). The van der Waals surface area contributed by atoms with Crippen LogP contribution in [-0.2, 0) is 9.47 Å². The molecular weight excluding hydrogens is 322 g/mol. The lowest BCUT2D eigenvalue weighted by Crippen LogP contribution is -2.41. The first-order chi connectivity index (χ1) is 12.3. The van der Waals surface area contributed by atoms with E-state index in [9.17, 15) is 0 Å². The fourth-order valence-electron chi connectivity index (χ4n) is 4.48. The van der Waals surface area contributed by atoms with Gasteiger partial charge in [-0.3, -0.25) is 4.90 Å². The minimum atomic E-state index is -0.277. The van der Waals surface area contributed by atoms with Crippen molar-refractivity contribution in [2.45, 2.75) is 91.5 Å². The van der Waals surface area contributed by atoms with E-state index in [1.54, 1.807) is 0 Å². The summed E-state index contributed by atoms with van der Waals surface area (Å²) in [6, 6.07) is 0. The number of ether oxygens (including phenoxy) is 2. The van der Waals surface area contributed by atoms with Crippen LogP contribution in [-0.4, -0.2) is 43.0 Å². The van der Waals surface area contributed by atoms with E-state index in [-0.39, 0.29) is 11.9 Å². The zero-order valence-electron chi connectivity index (χ0n) is 18.1. The molecular formula is C23H43NO2. The first-order valence-corrected chi connectivity index (χ1v) is 11.0. The van der Waals surface area contributed by atoms with Gasteiger partial charge < -0.3 is 9.47 Å². The van der Waals surface area contributed by atoms with Gasteiger partial charge >= 0.3 is 0 Å². The predicted molar refractivity (Wildman–Crippen MR) is 110 cm³/mol. The molecule has 26 heavy (non-hydrogen) atoms. The third kappa shape index (κ3) is 5.56. The molecule has 1 unspecified atom stereocenters. The van der Waals surface area contributed by atoms with E-state index in [4.69, 9.17) is 9.47 Å². The maximum Gasteiger partial charge on any atom is 0.168 e. The molecule has 3 nitrogen and oxygen atoms in total. The van der Waals surface area contributed by atoms with Crippen molar-refractivity contribution >= 4 is 0 Å². The van der Waals surface area contributed by atoms with Gasteiger partial charge in [0.25, 0.3) is 0 Å². The van der Waals surface area contributed by atoms with Gasteiger partial charge in [0.1, 0.15) is 0 Å². The van der Waals surface area contributed by atoms with Crippen LogP contribution in [0.5, 0.6) is 0 Å². The van der Waals surface area contributed by atoms with E-state index < -0.39 is 0 Å². The van der Waals surface area contributed by atoms with Gasteiger partial charge in [0.15, 0.2) is 5.79 Å². The zero-order valence-corrected chi connectivity index (χ0v) is 18.1. The second-order valence-corrected chi connectivity index (χ2v) is 9.44. The quantitative estimate of drug-likeness (QED) is 0.467. The van der Waals surface area contributed by atoms with Crippen LogP contribution in [0.2, 0.25) is 0 Å². The molecule has 2 fully saturated rings. The molecule has 1 atom stereocenters. The maximum absolute atomic E-state index is 6.47. The summed E-state index contributed by atoms with van der Waals surface area (Å²) in [5, 5.41) is 0. The first-order valence-electron chi connectivity index (χ1n) is 11.0. The molecule has 0 radical (unpaired) electrons. The SMILES string of the molecule is C=CCN(CCCC)CCC1COC2(CCC(C(C)(C)C(C)C)CC2)O1. The molecule has 1 heterocycles. The topological polar surface area (TPSA) is 21.7 Å². The summed E-state index contributed by atoms with van der Waals surface area (Å²) in [7, 11) is 0. The predicted octanol–water partition coefficient (Wildman–Crippen LogP) is 5.65. The van der Waals surface area contributed by atoms with Gasteiger partial charge in [-0.1, -0.05) is 47.1 Å². The third-order valence-electron chi connectivity index (χ3n) is 7.18. The van der Waals surface area contributed by atoms with E-state index >= 15 is 0 Å². The summed E-state index contributed by atoms with van der Waals surface area (Å²) in [6.45, 7) is 19.7. The van der Waals surface area contributed by atoms with Gasteiger partial charge in [-0.15, -0.1) is 6.58 Å². The molecule has 0 aromatic rings. The summed E-state index contributed by atoms with van der Waals surface area (Å²) >= 11 is 0. The summed E-state index contributed by atoms with van der Waals surface area (Å²) < 4.78 is 12.7. The van der Waals surface area contributed by atoms with Gasteiger partial charge in [0.2, 0.25) is 0 Å². The molecule has 1 aliphatic carbocycles. The highest BCUT2D eigenvalue weighted by Crippen LogP contribution is 2.48. The van der Waals surface area contributed by atoms with Gasteiger partial charge in [-0.05, 0) is 49.5 Å². The molecule has 0 bridgehead atoms. The average Bonchev–Trinajstić information content (AvgIpc) is 3.00. The highest BCUT2D eigenvalue weighted by Gasteiger charge is 2.47. The average molecular weight is 366 g/mol. The maximum atomic E-state index is 6.47. The van der Waals surface area contributed by atoms with Crippen molar-refractivity contribution in [3.05, 3.63) is 12.7 Å². The Hall–Kier alpha value is -0.380. The van der Waals surface area contributed by atoms with E-state index in [1.165, 1.54) is 25.7 Å². The van der Waals surface area contributed by atoms with Crippen molar-refractivity contribution < 1.29 is 9.47 Å². The molecule has 1 saturated heterocycles. The van der Waals surface area contributed by atoms with Crippen molar-refractivity contribution in [1.82, 2.24) is 4.90 Å². The molecule has 152 valence electrons. The van der Waals surface area contributed by atoms with E-state index in [2.05, 4.69) is 46.1 Å². The lowest BCUT2D eigenvalue weighted by Gasteiger charge is -2.44. The number of nitrogens with zero attached hydrogens (tertiary/aromatic N) is 1. The highest BCUT2D eigenvalue weighted by molar-refractivity contribution is 4.91. The molecule has 3 heteroatoms. The van der Waals surface area contributed by atoms with Crippen molar-refractivity contribution in [2.24, 2.45) is 17.3 Å². The summed E-state index contributed by atoms with van der Waals surface area (Å²) in [4.78, 5) is 2.49. The Balaban J connectivity index is 1.78. The largest absolute Gasteiger partial charge is 0.347 e. The van der Waals surface area contributed by atoms with Gasteiger partial charge in [-0.25, -0.2) is 0 Å². The fraction of sp³-hybridized carbons (Fsp3) is 0.913. The van der Waals surface area contributed by atoms with Crippen molar-refractivity contribution in [2.75, 3.05) is 26.2 Å². The first kappa shape index (κ1) is 21.9. The van der Waals surface area contributed by atoms with Crippen LogP contribution < -0.4 is 0 Å². The van der Waals surface area contributed by atoms with E-state index in [0.717, 1.165) is 57.3 Å². The number of hydrogen-bond donors (Lipinski definition) is 0. The number of hydrogen-bond acceptors (Lipinski definition) is 3. The smallest absolute Gasteiger partial charge is 0.168 e. The lowest BCUT2D eigenvalue weighted by molar-refractivity contribution is -0.198. The third-order valence-corrected chi connectivity index (χ3v) is 7.18. The molecule has 1 aliphatic heterocycles. The van der Waals surface area contributed by atoms with Gasteiger partial charge in [-0.2, -0.15) is 0 Å². The summed E-state index contributed by atoms with van der Waals surface area (Å²) in [5.74, 6) is 1.23. The molecule has 2 aliphatic rings. The standard InChI is InChI=1S/C23H43NO2/c1-7-9-16-24(15-8-2)17-12-21-18-25-23(26-21)13-10-20(11-14-23)22(5,6)19(3)4/h8,19-21H,2,7,9-18H2,1,3-6H3. The lowest BCUT2D eigenvalue weighted by atomic mass is 9.64. The molecule has 0 amide bonds. The van der Waals surface area contributed by atoms with Gasteiger partial charge in [0, 0.05) is 25.9 Å². The minimum absolute atomic E-state index is 0.263. The van der Waals surface area contributed by atoms with Crippen LogP contribution in [0.15, 0.2) is 12.7 Å². The Morgan fingerprint density at radius 2 is 1.92 bits per heavy atom. The van der Waals surface area contributed by atoms with E-state index in [1.807, 2.05) is 6.08 Å². The second-order valence-electron chi connectivity index (χ2n) is 9.44. The van der Waals surface area contributed by atoms with Crippen LogP contribution in [0.4, 0.5) is 0 Å². The van der Waals surface area contributed by atoms with Crippen LogP contribution in [0.1, 0.15) is 79.6 Å². The van der Waals surface area contributed by atoms with Crippen LogP contribution in [0, 0.1) is 17.3 Å². The number of unbranched alkanes of at least 4 members (excludes halogenated alkanes) is 1. The van der Waals surface area contributed by atoms with Crippen molar-refractivity contribution in [1.29, 1.82) is 0 Å². The summed E-state index contributed by atoms with van der Waals surface area (Å²) in [5.41, 5.74) is 0.407. The van der Waals surface area contributed by atoms with E-state index in [0.29, 0.717) is 5.41 Å². The molecule has 1 saturated carbocycles. The normalized spacial score (nSPS) is 29.8. The summed E-state index contributed by atoms with van der Waals surface area (Å²) in [6.07, 6.45) is 10.4. The Bertz CT molecular complexity index is 424. The minimum Gasteiger partial charge on any atom is -0.347 e.